The highest BCUT2D eigenvalue weighted by Gasteiger charge is 2.13. The summed E-state index contributed by atoms with van der Waals surface area (Å²) >= 11 is 3.34. The van der Waals surface area contributed by atoms with E-state index in [1.165, 1.54) is 17.0 Å². The van der Waals surface area contributed by atoms with Crippen LogP contribution >= 0.6 is 22.7 Å². The molecule has 0 spiro atoms. The molecule has 3 aromatic rings. The molecule has 0 bridgehead atoms. The highest BCUT2D eigenvalue weighted by Crippen LogP contribution is 2.43. The van der Waals surface area contributed by atoms with Crippen LogP contribution in [-0.4, -0.2) is 25.2 Å². The van der Waals surface area contributed by atoms with Gasteiger partial charge in [0.1, 0.15) is 10.7 Å². The van der Waals surface area contributed by atoms with E-state index in [9.17, 15) is 4.79 Å². The normalized spacial score (nSPS) is 11.1. The highest BCUT2D eigenvalue weighted by atomic mass is 32.1. The summed E-state index contributed by atoms with van der Waals surface area (Å²) in [5, 5.41) is 20.6. The summed E-state index contributed by atoms with van der Waals surface area (Å²) in [7, 11) is 3.93. The van der Waals surface area contributed by atoms with E-state index < -0.39 is 5.97 Å². The average Bonchev–Trinajstić information content (AvgIpc) is 3.22. The molecule has 2 aromatic heterocycles. The lowest BCUT2D eigenvalue weighted by atomic mass is 10.2. The first-order valence-corrected chi connectivity index (χ1v) is 8.84. The number of anilines is 1. The Morgan fingerprint density at radius 2 is 1.92 bits per heavy atom. The minimum atomic E-state index is -0.975. The molecule has 122 valence electrons. The van der Waals surface area contributed by atoms with E-state index in [1.807, 2.05) is 36.5 Å². The van der Waals surface area contributed by atoms with Crippen molar-refractivity contribution in [2.75, 3.05) is 19.0 Å². The lowest BCUT2D eigenvalue weighted by Gasteiger charge is -2.09. The summed E-state index contributed by atoms with van der Waals surface area (Å²) in [4.78, 5) is 15.4. The smallest absolute Gasteiger partial charge is 0.335 e. The molecule has 0 amide bonds. The molecule has 0 atom stereocenters. The fourth-order valence-electron chi connectivity index (χ4n) is 2.12. The molecule has 1 N–H and O–H groups in total. The molecule has 5 nitrogen and oxygen atoms in total. The molecule has 0 radical (unpaired) electrons. The first-order valence-electron chi connectivity index (χ1n) is 7.15. The van der Waals surface area contributed by atoms with Crippen molar-refractivity contribution in [3.05, 3.63) is 53.4 Å². The molecule has 7 heteroatoms. The predicted molar refractivity (Wildman–Crippen MR) is 99.5 cm³/mol. The lowest BCUT2D eigenvalue weighted by Crippen LogP contribution is -2.06. The van der Waals surface area contributed by atoms with Crippen LogP contribution < -0.4 is 4.90 Å². The van der Waals surface area contributed by atoms with E-state index in [0.717, 1.165) is 15.6 Å². The van der Waals surface area contributed by atoms with Gasteiger partial charge in [-0.05, 0) is 35.7 Å². The molecule has 0 saturated carbocycles. The van der Waals surface area contributed by atoms with Crippen molar-refractivity contribution in [2.45, 2.75) is 0 Å². The van der Waals surface area contributed by atoms with Gasteiger partial charge in [-0.15, -0.1) is 27.8 Å². The van der Waals surface area contributed by atoms with Crippen molar-refractivity contribution < 1.29 is 9.90 Å². The largest absolute Gasteiger partial charge is 0.478 e. The predicted octanol–water partition coefficient (Wildman–Crippen LogP) is 5.66. The van der Waals surface area contributed by atoms with Crippen LogP contribution in [0.5, 0.6) is 0 Å². The zero-order chi connectivity index (χ0) is 17.1. The van der Waals surface area contributed by atoms with Crippen LogP contribution in [0.4, 0.5) is 16.4 Å². The van der Waals surface area contributed by atoms with E-state index >= 15 is 0 Å². The third kappa shape index (κ3) is 3.52. The van der Waals surface area contributed by atoms with E-state index in [4.69, 9.17) is 5.11 Å². The number of carbonyl (C=O) groups is 1. The molecule has 2 heterocycles. The van der Waals surface area contributed by atoms with Gasteiger partial charge in [-0.3, -0.25) is 0 Å². The SMILES string of the molecule is CN(C)c1sc(-c2cccs2)cc1N=Nc1cccc(C(=O)O)c1. The minimum absolute atomic E-state index is 0.198. The van der Waals surface area contributed by atoms with E-state index in [0.29, 0.717) is 5.69 Å². The van der Waals surface area contributed by atoms with Crippen LogP contribution in [0.2, 0.25) is 0 Å². The number of carboxylic acids is 1. The molecule has 0 aliphatic carbocycles. The Kier molecular flexibility index (Phi) is 4.73. The summed E-state index contributed by atoms with van der Waals surface area (Å²) in [5.74, 6) is -0.975. The van der Waals surface area contributed by atoms with Crippen LogP contribution in [0.1, 0.15) is 10.4 Å². The van der Waals surface area contributed by atoms with Crippen molar-refractivity contribution in [3.8, 4) is 9.75 Å². The lowest BCUT2D eigenvalue weighted by molar-refractivity contribution is 0.0697. The Hall–Kier alpha value is -2.51. The quantitative estimate of drug-likeness (QED) is 0.600. The first-order chi connectivity index (χ1) is 11.5. The number of hydrogen-bond acceptors (Lipinski definition) is 6. The number of hydrogen-bond donors (Lipinski definition) is 1. The van der Waals surface area contributed by atoms with Gasteiger partial charge >= 0.3 is 5.97 Å². The van der Waals surface area contributed by atoms with Gasteiger partial charge in [0.2, 0.25) is 0 Å². The van der Waals surface area contributed by atoms with Crippen molar-refractivity contribution in [3.63, 3.8) is 0 Å². The molecule has 0 aliphatic rings. The van der Waals surface area contributed by atoms with E-state index in [1.54, 1.807) is 34.8 Å². The fraction of sp³-hybridized carbons (Fsp3) is 0.118. The molecular weight excluding hydrogens is 342 g/mol. The Bertz CT molecular complexity index is 883. The van der Waals surface area contributed by atoms with Crippen molar-refractivity contribution in [2.24, 2.45) is 10.2 Å². The van der Waals surface area contributed by atoms with Crippen molar-refractivity contribution >= 4 is 45.0 Å². The van der Waals surface area contributed by atoms with E-state index in [-0.39, 0.29) is 5.56 Å². The highest BCUT2D eigenvalue weighted by molar-refractivity contribution is 7.24. The van der Waals surface area contributed by atoms with Crippen LogP contribution in [-0.2, 0) is 0 Å². The summed E-state index contributed by atoms with van der Waals surface area (Å²) < 4.78 is 0. The molecular formula is C17H15N3O2S2. The molecule has 0 fully saturated rings. The Labute approximate surface area is 147 Å². The van der Waals surface area contributed by atoms with E-state index in [2.05, 4.69) is 16.3 Å². The summed E-state index contributed by atoms with van der Waals surface area (Å²) in [6, 6.07) is 12.5. The third-order valence-electron chi connectivity index (χ3n) is 3.23. The van der Waals surface area contributed by atoms with Gasteiger partial charge in [-0.1, -0.05) is 12.1 Å². The summed E-state index contributed by atoms with van der Waals surface area (Å²) in [6.45, 7) is 0. The molecule has 3 rings (SSSR count). The maximum Gasteiger partial charge on any atom is 0.335 e. The zero-order valence-electron chi connectivity index (χ0n) is 13.1. The zero-order valence-corrected chi connectivity index (χ0v) is 14.8. The molecule has 1 aromatic carbocycles. The van der Waals surface area contributed by atoms with Gasteiger partial charge in [0.25, 0.3) is 0 Å². The number of thiophene rings is 2. The van der Waals surface area contributed by atoms with Crippen LogP contribution in [0.3, 0.4) is 0 Å². The monoisotopic (exact) mass is 357 g/mol. The topological polar surface area (TPSA) is 65.3 Å². The Balaban J connectivity index is 1.94. The van der Waals surface area contributed by atoms with Gasteiger partial charge < -0.3 is 10.0 Å². The summed E-state index contributed by atoms with van der Waals surface area (Å²) in [6.07, 6.45) is 0. The third-order valence-corrected chi connectivity index (χ3v) is 5.59. The second-order valence-corrected chi connectivity index (χ2v) is 7.21. The number of rotatable bonds is 5. The Morgan fingerprint density at radius 3 is 2.58 bits per heavy atom. The van der Waals surface area contributed by atoms with Gasteiger partial charge in [-0.25, -0.2) is 4.79 Å². The standard InChI is InChI=1S/C17H15N3O2S2/c1-20(2)16-13(10-15(24-16)14-7-4-8-23-14)19-18-12-6-3-5-11(9-12)17(21)22/h3-10H,1-2H3,(H,21,22). The molecule has 0 saturated heterocycles. The van der Waals surface area contributed by atoms with Gasteiger partial charge in [-0.2, -0.15) is 5.11 Å². The maximum absolute atomic E-state index is 11.0. The second-order valence-electron chi connectivity index (χ2n) is 5.23. The molecule has 0 unspecified atom stereocenters. The number of nitrogens with zero attached hydrogens (tertiary/aromatic N) is 3. The van der Waals surface area contributed by atoms with Gasteiger partial charge in [0.15, 0.2) is 0 Å². The minimum Gasteiger partial charge on any atom is -0.478 e. The van der Waals surface area contributed by atoms with Gasteiger partial charge in [0.05, 0.1) is 11.3 Å². The first kappa shape index (κ1) is 16.4. The van der Waals surface area contributed by atoms with Crippen LogP contribution in [0.15, 0.2) is 58.1 Å². The van der Waals surface area contributed by atoms with Crippen molar-refractivity contribution in [1.82, 2.24) is 0 Å². The maximum atomic E-state index is 11.0. The Morgan fingerprint density at radius 1 is 1.08 bits per heavy atom. The number of aromatic carboxylic acids is 1. The van der Waals surface area contributed by atoms with Crippen LogP contribution in [0.25, 0.3) is 9.75 Å². The number of carboxylic acid groups (broad SMARTS) is 1. The average molecular weight is 357 g/mol. The summed E-state index contributed by atoms with van der Waals surface area (Å²) in [5.41, 5.74) is 1.49. The molecule has 24 heavy (non-hydrogen) atoms. The number of azo groups is 1. The van der Waals surface area contributed by atoms with Crippen molar-refractivity contribution in [1.29, 1.82) is 0 Å². The van der Waals surface area contributed by atoms with Crippen LogP contribution in [0, 0.1) is 0 Å². The fourth-order valence-corrected chi connectivity index (χ4v) is 3.96. The number of benzene rings is 1. The molecule has 0 aliphatic heterocycles. The second kappa shape index (κ2) is 6.94. The van der Waals surface area contributed by atoms with Gasteiger partial charge in [0, 0.05) is 23.8 Å².